The van der Waals surface area contributed by atoms with E-state index in [1.54, 1.807) is 30.3 Å². The number of carboxylic acid groups (broad SMARTS) is 2. The second-order valence-corrected chi connectivity index (χ2v) is 13.8. The Bertz CT molecular complexity index is 1960. The number of carbonyl (C=O) groups excluding carboxylic acids is 6. The number of amides is 6. The summed E-state index contributed by atoms with van der Waals surface area (Å²) >= 11 is 0. The van der Waals surface area contributed by atoms with Gasteiger partial charge in [-0.3, -0.25) is 38.4 Å². The lowest BCUT2D eigenvalue weighted by molar-refractivity contribution is -0.139. The van der Waals surface area contributed by atoms with E-state index in [1.807, 2.05) is 0 Å². The minimum Gasteiger partial charge on any atom is -0.508 e. The number of aromatic hydroxyl groups is 2. The molecule has 0 bridgehead atoms. The van der Waals surface area contributed by atoms with Crippen molar-refractivity contribution in [3.63, 3.8) is 0 Å². The van der Waals surface area contributed by atoms with Crippen molar-refractivity contribution >= 4 is 47.4 Å². The van der Waals surface area contributed by atoms with Gasteiger partial charge in [0.2, 0.25) is 35.4 Å². The summed E-state index contributed by atoms with van der Waals surface area (Å²) in [4.78, 5) is 102. The van der Waals surface area contributed by atoms with E-state index in [4.69, 9.17) is 15.9 Å². The summed E-state index contributed by atoms with van der Waals surface area (Å²) in [5.74, 6) is -8.12. The maximum Gasteiger partial charge on any atom is 0.322 e. The third kappa shape index (κ3) is 16.4. The number of carboxylic acids is 2. The Morgan fingerprint density at radius 2 is 0.983 bits per heavy atom. The quantitative estimate of drug-likeness (QED) is 0.0490. The number of aliphatic hydroxyl groups excluding tert-OH is 1. The zero-order chi connectivity index (χ0) is 44.4. The van der Waals surface area contributed by atoms with Gasteiger partial charge < -0.3 is 63.2 Å². The van der Waals surface area contributed by atoms with Crippen LogP contribution in [-0.4, -0.2) is 122 Å². The zero-order valence-corrected chi connectivity index (χ0v) is 32.5. The highest BCUT2D eigenvalue weighted by Gasteiger charge is 2.32. The van der Waals surface area contributed by atoms with E-state index in [2.05, 4.69) is 31.9 Å². The minimum atomic E-state index is -1.68. The molecule has 0 aliphatic heterocycles. The summed E-state index contributed by atoms with van der Waals surface area (Å²) in [7, 11) is 0. The standard InChI is InChI=1S/C40H49N7O13/c1-22(48)35(40(60)46-30(38(58)43-21-34(54)55)19-25-9-13-27(50)14-10-25)47-32(51)20-42-37(57)29(18-24-7-11-26(49)12-8-24)45-39(59)31(17-23-5-3-2-4-6-23)44-36(56)28(41)15-16-33(52)53/h2-14,22,28-31,35,48-50H,15-21,41H2,1H3,(H,42,57)(H,43,58)(H,44,56)(H,45,59)(H,46,60)(H,47,51)(H,52,53)(H,54,55)/t22-,28+,29+,30+,31+,35+/m1/s1. The number of rotatable bonds is 23. The third-order valence-electron chi connectivity index (χ3n) is 8.86. The molecular weight excluding hydrogens is 786 g/mol. The number of carbonyl (C=O) groups is 8. The Morgan fingerprint density at radius 1 is 0.550 bits per heavy atom. The first kappa shape index (κ1) is 47.3. The van der Waals surface area contributed by atoms with Crippen LogP contribution in [0.2, 0.25) is 0 Å². The highest BCUT2D eigenvalue weighted by atomic mass is 16.4. The molecule has 0 spiro atoms. The molecule has 13 N–H and O–H groups in total. The molecule has 0 unspecified atom stereocenters. The summed E-state index contributed by atoms with van der Waals surface area (Å²) in [6.45, 7) is -0.373. The summed E-state index contributed by atoms with van der Waals surface area (Å²) in [5.41, 5.74) is 7.45. The number of phenolic OH excluding ortho intramolecular Hbond substituents is 2. The van der Waals surface area contributed by atoms with Gasteiger partial charge >= 0.3 is 11.9 Å². The van der Waals surface area contributed by atoms with Crippen LogP contribution in [0.15, 0.2) is 78.9 Å². The lowest BCUT2D eigenvalue weighted by atomic mass is 10.0. The number of nitrogens with one attached hydrogen (secondary N) is 6. The van der Waals surface area contributed by atoms with Crippen LogP contribution in [-0.2, 0) is 57.6 Å². The molecule has 6 amide bonds. The molecule has 0 aliphatic rings. The maximum atomic E-state index is 13.8. The van der Waals surface area contributed by atoms with Crippen molar-refractivity contribution in [3.8, 4) is 11.5 Å². The summed E-state index contributed by atoms with van der Waals surface area (Å²) < 4.78 is 0. The predicted octanol–water partition coefficient (Wildman–Crippen LogP) is -2.05. The first-order valence-electron chi connectivity index (χ1n) is 18.6. The van der Waals surface area contributed by atoms with Crippen LogP contribution in [0.4, 0.5) is 0 Å². The van der Waals surface area contributed by atoms with Crippen molar-refractivity contribution in [2.75, 3.05) is 13.1 Å². The number of hydrogen-bond donors (Lipinski definition) is 12. The number of nitrogens with two attached hydrogens (primary N) is 1. The van der Waals surface area contributed by atoms with Crippen molar-refractivity contribution in [1.29, 1.82) is 0 Å². The van der Waals surface area contributed by atoms with Gasteiger partial charge in [-0.25, -0.2) is 0 Å². The van der Waals surface area contributed by atoms with E-state index in [0.29, 0.717) is 16.7 Å². The van der Waals surface area contributed by atoms with E-state index in [1.165, 1.54) is 55.5 Å². The second-order valence-electron chi connectivity index (χ2n) is 13.8. The topological polar surface area (TPSA) is 336 Å². The van der Waals surface area contributed by atoms with Gasteiger partial charge in [-0.15, -0.1) is 0 Å². The van der Waals surface area contributed by atoms with E-state index < -0.39 is 103 Å². The van der Waals surface area contributed by atoms with Crippen LogP contribution in [0.3, 0.4) is 0 Å². The van der Waals surface area contributed by atoms with Crippen LogP contribution in [0.1, 0.15) is 36.5 Å². The number of hydrogen-bond acceptors (Lipinski definition) is 12. The molecule has 20 nitrogen and oxygen atoms in total. The Kier molecular flexibility index (Phi) is 18.4. The van der Waals surface area contributed by atoms with Crippen LogP contribution < -0.4 is 37.6 Å². The number of phenols is 2. The van der Waals surface area contributed by atoms with Crippen molar-refractivity contribution in [1.82, 2.24) is 31.9 Å². The van der Waals surface area contributed by atoms with Crippen molar-refractivity contribution < 1.29 is 63.9 Å². The molecule has 0 aliphatic carbocycles. The van der Waals surface area contributed by atoms with Crippen LogP contribution in [0, 0.1) is 0 Å². The first-order chi connectivity index (χ1) is 28.4. The molecule has 0 fully saturated rings. The molecule has 3 aromatic carbocycles. The average Bonchev–Trinajstić information content (AvgIpc) is 3.20. The molecule has 6 atom stereocenters. The number of aliphatic hydroxyl groups is 1. The molecule has 322 valence electrons. The van der Waals surface area contributed by atoms with Gasteiger partial charge in [-0.2, -0.15) is 0 Å². The third-order valence-corrected chi connectivity index (χ3v) is 8.86. The Morgan fingerprint density at radius 3 is 1.45 bits per heavy atom. The summed E-state index contributed by atoms with van der Waals surface area (Å²) in [6.07, 6.45) is -2.56. The molecule has 60 heavy (non-hydrogen) atoms. The largest absolute Gasteiger partial charge is 0.508 e. The molecule has 20 heteroatoms. The van der Waals surface area contributed by atoms with Gasteiger partial charge in [-0.05, 0) is 54.3 Å². The monoisotopic (exact) mass is 835 g/mol. The van der Waals surface area contributed by atoms with Crippen LogP contribution >= 0.6 is 0 Å². The van der Waals surface area contributed by atoms with E-state index >= 15 is 0 Å². The van der Waals surface area contributed by atoms with Gasteiger partial charge in [0.1, 0.15) is 42.2 Å². The average molecular weight is 836 g/mol. The van der Waals surface area contributed by atoms with Gasteiger partial charge in [-0.1, -0.05) is 54.6 Å². The maximum absolute atomic E-state index is 13.8. The van der Waals surface area contributed by atoms with Crippen molar-refractivity contribution in [3.05, 3.63) is 95.6 Å². The van der Waals surface area contributed by atoms with Gasteiger partial charge in [0.25, 0.3) is 0 Å². The number of benzene rings is 3. The first-order valence-corrected chi connectivity index (χ1v) is 18.6. The number of aliphatic carboxylic acids is 2. The zero-order valence-electron chi connectivity index (χ0n) is 32.5. The molecule has 3 rings (SSSR count). The molecular formula is C40H49N7O13. The second kappa shape index (κ2) is 23.4. The van der Waals surface area contributed by atoms with Crippen molar-refractivity contribution in [2.45, 2.75) is 75.3 Å². The molecule has 0 heterocycles. The minimum absolute atomic E-state index is 0.0557. The fourth-order valence-electron chi connectivity index (χ4n) is 5.64. The molecule has 0 radical (unpaired) electrons. The molecule has 0 aromatic heterocycles. The van der Waals surface area contributed by atoms with Crippen LogP contribution in [0.25, 0.3) is 0 Å². The smallest absolute Gasteiger partial charge is 0.322 e. The van der Waals surface area contributed by atoms with Gasteiger partial charge in [0, 0.05) is 25.7 Å². The molecule has 3 aromatic rings. The van der Waals surface area contributed by atoms with Gasteiger partial charge in [0.05, 0.1) is 18.7 Å². The fraction of sp³-hybridized carbons (Fsp3) is 0.350. The van der Waals surface area contributed by atoms with Crippen molar-refractivity contribution in [2.24, 2.45) is 5.73 Å². The predicted molar refractivity (Wildman–Crippen MR) is 212 cm³/mol. The SMILES string of the molecule is C[C@@H](O)[C@H](NC(=O)CNC(=O)[C@H](Cc1ccc(O)cc1)NC(=O)[C@H](Cc1ccccc1)NC(=O)[C@@H](N)CCC(=O)O)C(=O)N[C@@H](Cc1ccc(O)cc1)C(=O)NCC(=O)O. The van der Waals surface area contributed by atoms with E-state index in [0.717, 1.165) is 0 Å². The normalized spacial score (nSPS) is 13.8. The Balaban J connectivity index is 1.77. The lowest BCUT2D eigenvalue weighted by Gasteiger charge is -2.25. The summed E-state index contributed by atoms with van der Waals surface area (Å²) in [5, 5.41) is 62.1. The van der Waals surface area contributed by atoms with E-state index in [-0.39, 0.29) is 37.2 Å². The fourth-order valence-corrected chi connectivity index (χ4v) is 5.64. The van der Waals surface area contributed by atoms with E-state index in [9.17, 15) is 53.7 Å². The summed E-state index contributed by atoms with van der Waals surface area (Å²) in [6, 6.07) is 12.8. The highest BCUT2D eigenvalue weighted by molar-refractivity contribution is 5.96. The van der Waals surface area contributed by atoms with Crippen LogP contribution in [0.5, 0.6) is 11.5 Å². The highest BCUT2D eigenvalue weighted by Crippen LogP contribution is 2.14. The Hall–Kier alpha value is -7.06. The van der Waals surface area contributed by atoms with Gasteiger partial charge in [0.15, 0.2) is 0 Å². The Labute approximate surface area is 343 Å². The lowest BCUT2D eigenvalue weighted by Crippen LogP contribution is -2.59. The molecule has 0 saturated carbocycles. The molecule has 0 saturated heterocycles.